The highest BCUT2D eigenvalue weighted by molar-refractivity contribution is 5.84. The van der Waals surface area contributed by atoms with Gasteiger partial charge in [0.25, 0.3) is 0 Å². The highest BCUT2D eigenvalue weighted by atomic mass is 16.6. The van der Waals surface area contributed by atoms with Crippen LogP contribution in [0.5, 0.6) is 0 Å². The molecule has 0 N–H and O–H groups in total. The summed E-state index contributed by atoms with van der Waals surface area (Å²) in [6, 6.07) is 0. The molecule has 0 amide bonds. The van der Waals surface area contributed by atoms with Crippen LogP contribution < -0.4 is 0 Å². The van der Waals surface area contributed by atoms with Crippen LogP contribution in [0.15, 0.2) is 0 Å². The number of ether oxygens (including phenoxy) is 3. The lowest BCUT2D eigenvalue weighted by Gasteiger charge is -2.16. The molecule has 0 aliphatic carbocycles. The molecule has 0 fully saturated rings. The second kappa shape index (κ2) is 13.5. The smallest absolute Gasteiger partial charge is 0.305 e. The first-order valence-electron chi connectivity index (χ1n) is 10.3. The zero-order valence-electron chi connectivity index (χ0n) is 18.9. The number of hydrogen-bond acceptors (Lipinski definition) is 7. The topological polar surface area (TPSA) is 96.0 Å². The molecule has 0 unspecified atom stereocenters. The summed E-state index contributed by atoms with van der Waals surface area (Å²) in [6.45, 7) is 11.8. The van der Waals surface area contributed by atoms with Crippen LogP contribution in [0.2, 0.25) is 0 Å². The third kappa shape index (κ3) is 14.8. The molecule has 0 spiro atoms. The average molecular weight is 415 g/mol. The molecule has 0 aromatic carbocycles. The summed E-state index contributed by atoms with van der Waals surface area (Å²) in [5.74, 6) is -0.453. The largest absolute Gasteiger partial charge is 0.463 e. The van der Waals surface area contributed by atoms with Crippen LogP contribution in [0.25, 0.3) is 0 Å². The maximum absolute atomic E-state index is 11.8. The predicted molar refractivity (Wildman–Crippen MR) is 109 cm³/mol. The van der Waals surface area contributed by atoms with Crippen molar-refractivity contribution >= 4 is 23.5 Å². The van der Waals surface area contributed by atoms with Gasteiger partial charge in [0.05, 0.1) is 13.2 Å². The summed E-state index contributed by atoms with van der Waals surface area (Å²) in [5.41, 5.74) is -0.768. The van der Waals surface area contributed by atoms with Gasteiger partial charge >= 0.3 is 11.9 Å². The van der Waals surface area contributed by atoms with Gasteiger partial charge in [-0.25, -0.2) is 0 Å². The van der Waals surface area contributed by atoms with E-state index in [9.17, 15) is 19.2 Å². The van der Waals surface area contributed by atoms with Crippen molar-refractivity contribution in [3.63, 3.8) is 0 Å². The van der Waals surface area contributed by atoms with Gasteiger partial charge in [-0.1, -0.05) is 41.5 Å². The Kier molecular flexibility index (Phi) is 12.6. The van der Waals surface area contributed by atoms with Gasteiger partial charge < -0.3 is 14.2 Å². The summed E-state index contributed by atoms with van der Waals surface area (Å²) >= 11 is 0. The van der Waals surface area contributed by atoms with E-state index in [1.54, 1.807) is 0 Å². The van der Waals surface area contributed by atoms with Crippen LogP contribution in [0.3, 0.4) is 0 Å². The van der Waals surface area contributed by atoms with Crippen molar-refractivity contribution in [2.24, 2.45) is 10.8 Å². The Morgan fingerprint density at radius 2 is 0.897 bits per heavy atom. The highest BCUT2D eigenvalue weighted by Gasteiger charge is 2.21. The van der Waals surface area contributed by atoms with Crippen LogP contribution >= 0.6 is 0 Å². The summed E-state index contributed by atoms with van der Waals surface area (Å²) in [5, 5.41) is 0. The normalized spacial score (nSPS) is 11.8. The van der Waals surface area contributed by atoms with Crippen molar-refractivity contribution in [2.75, 3.05) is 26.4 Å². The standard InChI is InChI=1S/C22H38O7/c1-21(2,3)17(23)9-7-11-19(25)28-15-13-27-14-16-29-20(26)12-8-10-18(24)22(4,5)6/h7-16H2,1-6H3. The summed E-state index contributed by atoms with van der Waals surface area (Å²) < 4.78 is 15.3. The molecule has 0 aliphatic heterocycles. The summed E-state index contributed by atoms with van der Waals surface area (Å²) in [4.78, 5) is 46.7. The van der Waals surface area contributed by atoms with Crippen molar-refractivity contribution < 1.29 is 33.4 Å². The lowest BCUT2D eigenvalue weighted by atomic mass is 9.88. The molecule has 0 atom stereocenters. The van der Waals surface area contributed by atoms with Gasteiger partial charge in [-0.05, 0) is 12.8 Å². The fraction of sp³-hybridized carbons (Fsp3) is 0.818. The molecule has 0 bridgehead atoms. The van der Waals surface area contributed by atoms with Crippen LogP contribution in [0.1, 0.15) is 80.1 Å². The second-order valence-electron chi connectivity index (χ2n) is 9.11. The van der Waals surface area contributed by atoms with E-state index in [0.29, 0.717) is 25.7 Å². The number of ketones is 2. The number of esters is 2. The van der Waals surface area contributed by atoms with E-state index in [4.69, 9.17) is 14.2 Å². The third-order valence-electron chi connectivity index (χ3n) is 4.22. The lowest BCUT2D eigenvalue weighted by Crippen LogP contribution is -2.20. The molecule has 0 radical (unpaired) electrons. The van der Waals surface area contributed by atoms with E-state index < -0.39 is 0 Å². The first kappa shape index (κ1) is 27.2. The third-order valence-corrected chi connectivity index (χ3v) is 4.22. The molecule has 0 heterocycles. The Morgan fingerprint density at radius 1 is 0.552 bits per heavy atom. The lowest BCUT2D eigenvalue weighted by molar-refractivity contribution is -0.146. The molecule has 0 aliphatic rings. The van der Waals surface area contributed by atoms with Gasteiger partial charge in [-0.15, -0.1) is 0 Å². The quantitative estimate of drug-likeness (QED) is 0.316. The number of carbonyl (C=O) groups excluding carboxylic acids is 4. The van der Waals surface area contributed by atoms with Gasteiger partial charge in [0.1, 0.15) is 24.8 Å². The number of Topliss-reactive ketones (excluding diaryl/α,β-unsaturated/α-hetero) is 2. The molecule has 7 nitrogen and oxygen atoms in total. The molecule has 0 aromatic rings. The van der Waals surface area contributed by atoms with E-state index in [1.165, 1.54) is 0 Å². The summed E-state index contributed by atoms with van der Waals surface area (Å²) in [6.07, 6.45) is 2.10. The van der Waals surface area contributed by atoms with Gasteiger partial charge in [0, 0.05) is 36.5 Å². The van der Waals surface area contributed by atoms with Crippen LogP contribution in [-0.4, -0.2) is 49.9 Å². The maximum atomic E-state index is 11.8. The van der Waals surface area contributed by atoms with Gasteiger partial charge in [-0.3, -0.25) is 19.2 Å². The second-order valence-corrected chi connectivity index (χ2v) is 9.11. The zero-order chi connectivity index (χ0) is 22.5. The Balaban J connectivity index is 3.58. The van der Waals surface area contributed by atoms with Gasteiger partial charge in [-0.2, -0.15) is 0 Å². The van der Waals surface area contributed by atoms with Crippen LogP contribution in [-0.2, 0) is 33.4 Å². The van der Waals surface area contributed by atoms with Crippen molar-refractivity contribution in [3.05, 3.63) is 0 Å². The van der Waals surface area contributed by atoms with E-state index >= 15 is 0 Å². The molecule has 7 heteroatoms. The fourth-order valence-electron chi connectivity index (χ4n) is 2.21. The predicted octanol–water partition coefficient (Wildman–Crippen LogP) is 3.66. The number of carbonyl (C=O) groups is 4. The van der Waals surface area contributed by atoms with Crippen molar-refractivity contribution in [1.29, 1.82) is 0 Å². The SMILES string of the molecule is CC(C)(C)C(=O)CCCC(=O)OCCOCCOC(=O)CCCC(=O)C(C)(C)C. The molecule has 0 saturated heterocycles. The molecular weight excluding hydrogens is 376 g/mol. The molecule has 0 saturated carbocycles. The molecule has 0 rings (SSSR count). The minimum absolute atomic E-state index is 0.120. The Labute approximate surface area is 174 Å². The van der Waals surface area contributed by atoms with E-state index in [-0.39, 0.29) is 73.6 Å². The van der Waals surface area contributed by atoms with Gasteiger partial charge in [0.15, 0.2) is 0 Å². The number of hydrogen-bond donors (Lipinski definition) is 0. The minimum Gasteiger partial charge on any atom is -0.463 e. The van der Waals surface area contributed by atoms with E-state index in [1.807, 2.05) is 41.5 Å². The van der Waals surface area contributed by atoms with E-state index in [2.05, 4.69) is 0 Å². The first-order valence-corrected chi connectivity index (χ1v) is 10.3. The molecule has 29 heavy (non-hydrogen) atoms. The fourth-order valence-corrected chi connectivity index (χ4v) is 2.21. The maximum Gasteiger partial charge on any atom is 0.305 e. The Hall–Kier alpha value is -1.76. The Bertz CT molecular complexity index is 490. The average Bonchev–Trinajstić information content (AvgIpc) is 2.59. The van der Waals surface area contributed by atoms with Crippen molar-refractivity contribution in [3.8, 4) is 0 Å². The van der Waals surface area contributed by atoms with E-state index in [0.717, 1.165) is 0 Å². The highest BCUT2D eigenvalue weighted by Crippen LogP contribution is 2.19. The monoisotopic (exact) mass is 414 g/mol. The summed E-state index contributed by atoms with van der Waals surface area (Å²) in [7, 11) is 0. The molecule has 168 valence electrons. The molecule has 0 aromatic heterocycles. The molecular formula is C22H38O7. The van der Waals surface area contributed by atoms with Crippen molar-refractivity contribution in [1.82, 2.24) is 0 Å². The van der Waals surface area contributed by atoms with Crippen LogP contribution in [0.4, 0.5) is 0 Å². The minimum atomic E-state index is -0.384. The van der Waals surface area contributed by atoms with Crippen LogP contribution in [0, 0.1) is 10.8 Å². The van der Waals surface area contributed by atoms with Crippen molar-refractivity contribution in [2.45, 2.75) is 80.1 Å². The van der Waals surface area contributed by atoms with Gasteiger partial charge in [0.2, 0.25) is 0 Å². The Morgan fingerprint density at radius 3 is 1.21 bits per heavy atom. The zero-order valence-corrected chi connectivity index (χ0v) is 18.9. The first-order chi connectivity index (χ1) is 13.3. The number of rotatable bonds is 14.